The number of carbonyl (C=O) groups excluding carboxylic acids is 1. The topological polar surface area (TPSA) is 96.9 Å². The van der Waals surface area contributed by atoms with Crippen molar-refractivity contribution in [2.24, 2.45) is 10.9 Å². The molecule has 0 aromatic heterocycles. The van der Waals surface area contributed by atoms with Crippen LogP contribution in [0.15, 0.2) is 34.2 Å². The lowest BCUT2D eigenvalue weighted by molar-refractivity contribution is -0.135. The lowest BCUT2D eigenvalue weighted by Crippen LogP contribution is -2.38. The molecule has 0 saturated carbocycles. The number of nitrogens with zero attached hydrogens (tertiary/aromatic N) is 1. The predicted molar refractivity (Wildman–Crippen MR) is 81.7 cm³/mol. The van der Waals surface area contributed by atoms with Gasteiger partial charge in [-0.25, -0.2) is 13.9 Å². The fraction of sp³-hybridized carbons (Fsp3) is 0.429. The normalized spacial score (nSPS) is 18.8. The molecule has 1 heterocycles. The first kappa shape index (κ1) is 16.4. The van der Waals surface area contributed by atoms with E-state index in [-0.39, 0.29) is 16.6 Å². The van der Waals surface area contributed by atoms with Gasteiger partial charge < -0.3 is 0 Å². The van der Waals surface area contributed by atoms with Gasteiger partial charge in [-0.15, -0.1) is 0 Å². The Morgan fingerprint density at radius 1 is 1.36 bits per heavy atom. The first-order valence-electron chi connectivity index (χ1n) is 6.98. The van der Waals surface area contributed by atoms with Gasteiger partial charge in [0.15, 0.2) is 0 Å². The van der Waals surface area contributed by atoms with Crippen LogP contribution in [-0.4, -0.2) is 32.8 Å². The van der Waals surface area contributed by atoms with Crippen molar-refractivity contribution in [1.29, 1.82) is 0 Å². The molecule has 0 fully saturated rings. The van der Waals surface area contributed by atoms with Crippen molar-refractivity contribution in [2.45, 2.75) is 31.7 Å². The van der Waals surface area contributed by atoms with Gasteiger partial charge in [0.1, 0.15) is 11.9 Å². The van der Waals surface area contributed by atoms with Crippen LogP contribution < -0.4 is 10.2 Å². The minimum atomic E-state index is -3.61. The molecule has 1 aliphatic heterocycles. The van der Waals surface area contributed by atoms with E-state index in [0.29, 0.717) is 12.2 Å². The Morgan fingerprint density at radius 3 is 2.68 bits per heavy atom. The quantitative estimate of drug-likeness (QED) is 0.783. The molecular weight excluding hydrogens is 306 g/mol. The summed E-state index contributed by atoms with van der Waals surface area (Å²) >= 11 is 0. The highest BCUT2D eigenvalue weighted by atomic mass is 32.2. The van der Waals surface area contributed by atoms with Crippen molar-refractivity contribution in [3.63, 3.8) is 0 Å². The van der Waals surface area contributed by atoms with Gasteiger partial charge in [-0.3, -0.25) is 19.3 Å². The molecule has 0 radical (unpaired) electrons. The molecule has 7 nitrogen and oxygen atoms in total. The van der Waals surface area contributed by atoms with Crippen LogP contribution in [0.1, 0.15) is 26.3 Å². The van der Waals surface area contributed by atoms with E-state index < -0.39 is 22.0 Å². The molecule has 0 aliphatic carbocycles. The Bertz CT molecular complexity index is 698. The number of hydrogen-bond acceptors (Lipinski definition) is 5. The summed E-state index contributed by atoms with van der Waals surface area (Å²) < 4.78 is 26.5. The number of nitrogens with one attached hydrogen (secondary N) is 2. The first-order valence-corrected chi connectivity index (χ1v) is 8.46. The van der Waals surface area contributed by atoms with E-state index in [1.807, 2.05) is 13.8 Å². The smallest absolute Gasteiger partial charge is 0.268 e. The molecule has 2 N–H and O–H groups in total. The summed E-state index contributed by atoms with van der Waals surface area (Å²) in [5.41, 5.74) is 2.78. The molecule has 1 unspecified atom stereocenters. The summed E-state index contributed by atoms with van der Waals surface area (Å²) in [5, 5.41) is 0. The molecule has 120 valence electrons. The number of fused-ring (bicyclic) bond motifs is 1. The van der Waals surface area contributed by atoms with Crippen LogP contribution in [0.4, 0.5) is 0 Å². The number of rotatable bonds is 5. The number of carbonyl (C=O) groups is 1. The van der Waals surface area contributed by atoms with Crippen LogP contribution in [0.25, 0.3) is 0 Å². The van der Waals surface area contributed by atoms with Gasteiger partial charge in [0.2, 0.25) is 0 Å². The van der Waals surface area contributed by atoms with Crippen LogP contribution in [0.3, 0.4) is 0 Å². The largest absolute Gasteiger partial charge is 0.274 e. The highest BCUT2D eigenvalue weighted by molar-refractivity contribution is 7.90. The number of amidine groups is 1. The van der Waals surface area contributed by atoms with Gasteiger partial charge in [0.05, 0.1) is 11.5 Å². The number of hydroxylamine groups is 1. The predicted octanol–water partition coefficient (Wildman–Crippen LogP) is 0.817. The Hall–Kier alpha value is -1.93. The minimum Gasteiger partial charge on any atom is -0.274 e. The second-order valence-corrected chi connectivity index (χ2v) is 6.82. The number of sulfonamides is 1. The summed E-state index contributed by atoms with van der Waals surface area (Å²) in [6.07, 6.45) is 0. The Kier molecular flexibility index (Phi) is 4.82. The lowest BCUT2D eigenvalue weighted by Gasteiger charge is -2.16. The van der Waals surface area contributed by atoms with Gasteiger partial charge in [0.25, 0.3) is 15.9 Å². The zero-order chi connectivity index (χ0) is 16.3. The van der Waals surface area contributed by atoms with Crippen LogP contribution >= 0.6 is 0 Å². The van der Waals surface area contributed by atoms with Gasteiger partial charge in [-0.1, -0.05) is 26.0 Å². The standard InChI is InChI=1S/C14H19N3O4S/c1-4-21-16-14(18)12(9(2)3)15-13-10-7-5-6-8-11(10)22(19,20)17-13/h5-9,12H,4H2,1-3H3,(H,15,17)(H,16,18). The second kappa shape index (κ2) is 6.45. The van der Waals surface area contributed by atoms with Gasteiger partial charge in [-0.05, 0) is 25.0 Å². The summed E-state index contributed by atoms with van der Waals surface area (Å²) in [4.78, 5) is 21.4. The maximum atomic E-state index is 12.1. The molecule has 0 spiro atoms. The van der Waals surface area contributed by atoms with E-state index >= 15 is 0 Å². The van der Waals surface area contributed by atoms with E-state index in [1.54, 1.807) is 25.1 Å². The van der Waals surface area contributed by atoms with Crippen molar-refractivity contribution < 1.29 is 18.0 Å². The van der Waals surface area contributed by atoms with Crippen molar-refractivity contribution in [1.82, 2.24) is 10.2 Å². The zero-order valence-corrected chi connectivity index (χ0v) is 13.5. The Balaban J connectivity index is 2.37. The first-order chi connectivity index (χ1) is 10.4. The number of hydrogen-bond donors (Lipinski definition) is 2. The lowest BCUT2D eigenvalue weighted by atomic mass is 10.0. The minimum absolute atomic E-state index is 0.120. The fourth-order valence-corrected chi connectivity index (χ4v) is 3.32. The monoisotopic (exact) mass is 325 g/mol. The SMILES string of the molecule is CCONC(=O)C(N=C1NS(=O)(=O)c2ccccc21)C(C)C. The molecule has 2 rings (SSSR count). The van der Waals surface area contributed by atoms with Crippen molar-refractivity contribution in [3.8, 4) is 0 Å². The summed E-state index contributed by atoms with van der Waals surface area (Å²) in [7, 11) is -3.61. The van der Waals surface area contributed by atoms with Crippen LogP contribution in [-0.2, 0) is 19.7 Å². The molecule has 0 bridgehead atoms. The molecule has 1 aromatic carbocycles. The Labute approximate surface area is 129 Å². The fourth-order valence-electron chi connectivity index (χ4n) is 2.08. The molecule has 1 aliphatic rings. The van der Waals surface area contributed by atoms with E-state index in [1.165, 1.54) is 6.07 Å². The number of amides is 1. The molecule has 1 amide bonds. The zero-order valence-electron chi connectivity index (χ0n) is 12.7. The highest BCUT2D eigenvalue weighted by Crippen LogP contribution is 2.23. The van der Waals surface area contributed by atoms with Crippen LogP contribution in [0, 0.1) is 5.92 Å². The van der Waals surface area contributed by atoms with E-state index in [4.69, 9.17) is 4.84 Å². The van der Waals surface area contributed by atoms with Gasteiger partial charge >= 0.3 is 0 Å². The van der Waals surface area contributed by atoms with Crippen LogP contribution in [0.2, 0.25) is 0 Å². The summed E-state index contributed by atoms with van der Waals surface area (Å²) in [5.74, 6) is -0.348. The molecule has 8 heteroatoms. The van der Waals surface area contributed by atoms with E-state index in [9.17, 15) is 13.2 Å². The van der Waals surface area contributed by atoms with Crippen molar-refractivity contribution >= 4 is 21.8 Å². The highest BCUT2D eigenvalue weighted by Gasteiger charge is 2.32. The average Bonchev–Trinajstić information content (AvgIpc) is 2.73. The molecular formula is C14H19N3O4S. The molecule has 1 atom stereocenters. The van der Waals surface area contributed by atoms with Gasteiger partial charge in [0, 0.05) is 5.56 Å². The maximum absolute atomic E-state index is 12.1. The average molecular weight is 325 g/mol. The second-order valence-electron chi connectivity index (χ2n) is 5.17. The molecule has 0 saturated heterocycles. The van der Waals surface area contributed by atoms with Gasteiger partial charge in [-0.2, -0.15) is 0 Å². The maximum Gasteiger partial charge on any atom is 0.268 e. The van der Waals surface area contributed by atoms with Crippen LogP contribution in [0.5, 0.6) is 0 Å². The van der Waals surface area contributed by atoms with E-state index in [0.717, 1.165) is 0 Å². The van der Waals surface area contributed by atoms with E-state index in [2.05, 4.69) is 15.2 Å². The molecule has 22 heavy (non-hydrogen) atoms. The summed E-state index contributed by atoms with van der Waals surface area (Å²) in [6.45, 7) is 5.74. The molecule has 1 aromatic rings. The Morgan fingerprint density at radius 2 is 2.05 bits per heavy atom. The number of aliphatic imine (C=N–C) groups is 1. The summed E-state index contributed by atoms with van der Waals surface area (Å²) in [6, 6.07) is 5.77. The van der Waals surface area contributed by atoms with Crippen molar-refractivity contribution in [2.75, 3.05) is 6.61 Å². The third kappa shape index (κ3) is 3.28. The third-order valence-electron chi connectivity index (χ3n) is 3.15. The van der Waals surface area contributed by atoms with Crippen molar-refractivity contribution in [3.05, 3.63) is 29.8 Å². The number of benzene rings is 1. The third-order valence-corrected chi connectivity index (χ3v) is 4.55.